The molecule has 0 radical (unpaired) electrons. The maximum atomic E-state index is 13.5. The van der Waals surface area contributed by atoms with Crippen molar-refractivity contribution in [2.45, 2.75) is 12.8 Å². The number of benzene rings is 4. The van der Waals surface area contributed by atoms with E-state index in [9.17, 15) is 9.59 Å². The number of fused-ring (bicyclic) bond motifs is 2. The maximum absolute atomic E-state index is 13.5. The number of para-hydroxylation sites is 2. The summed E-state index contributed by atoms with van der Waals surface area (Å²) < 4.78 is 0. The molecule has 0 aliphatic carbocycles. The summed E-state index contributed by atoms with van der Waals surface area (Å²) in [5, 5.41) is 5.04. The molecule has 0 unspecified atom stereocenters. The Morgan fingerprint density at radius 1 is 0.774 bits per heavy atom. The van der Waals surface area contributed by atoms with Gasteiger partial charge in [0, 0.05) is 17.8 Å². The third-order valence-corrected chi connectivity index (χ3v) is 5.77. The van der Waals surface area contributed by atoms with Crippen LogP contribution in [0.25, 0.3) is 10.8 Å². The molecule has 4 aromatic rings. The zero-order valence-electron chi connectivity index (χ0n) is 17.0. The Kier molecular flexibility index (Phi) is 4.97. The predicted molar refractivity (Wildman–Crippen MR) is 125 cm³/mol. The minimum atomic E-state index is -0.231. The number of carbonyl (C=O) groups is 2. The summed E-state index contributed by atoms with van der Waals surface area (Å²) in [4.78, 5) is 28.2. The van der Waals surface area contributed by atoms with Gasteiger partial charge in [-0.25, -0.2) is 0 Å². The molecule has 4 nitrogen and oxygen atoms in total. The number of rotatable bonds is 3. The van der Waals surface area contributed by atoms with Crippen LogP contribution in [0.2, 0.25) is 0 Å². The molecule has 0 aromatic heterocycles. The van der Waals surface area contributed by atoms with Gasteiger partial charge in [0.25, 0.3) is 11.8 Å². The van der Waals surface area contributed by atoms with Gasteiger partial charge in [0.15, 0.2) is 0 Å². The molecular weight excluding hydrogens is 384 g/mol. The van der Waals surface area contributed by atoms with Gasteiger partial charge < -0.3 is 10.2 Å². The smallest absolute Gasteiger partial charge is 0.260 e. The second-order valence-corrected chi connectivity index (χ2v) is 7.75. The van der Waals surface area contributed by atoms with Crippen LogP contribution in [-0.2, 0) is 6.42 Å². The summed E-state index contributed by atoms with van der Waals surface area (Å²) >= 11 is 0. The minimum Gasteiger partial charge on any atom is -0.321 e. The largest absolute Gasteiger partial charge is 0.321 e. The van der Waals surface area contributed by atoms with Gasteiger partial charge in [-0.1, -0.05) is 60.7 Å². The van der Waals surface area contributed by atoms with Crippen LogP contribution in [0, 0.1) is 0 Å². The predicted octanol–water partition coefficient (Wildman–Crippen LogP) is 5.69. The van der Waals surface area contributed by atoms with Crippen molar-refractivity contribution in [2.75, 3.05) is 16.8 Å². The lowest BCUT2D eigenvalue weighted by Crippen LogP contribution is -2.36. The number of aryl methyl sites for hydroxylation is 1. The number of amides is 2. The van der Waals surface area contributed by atoms with Crippen molar-refractivity contribution in [3.05, 3.63) is 108 Å². The minimum absolute atomic E-state index is 0.0958. The van der Waals surface area contributed by atoms with E-state index in [-0.39, 0.29) is 11.8 Å². The zero-order chi connectivity index (χ0) is 21.2. The Morgan fingerprint density at radius 3 is 2.42 bits per heavy atom. The normalized spacial score (nSPS) is 13.0. The monoisotopic (exact) mass is 406 g/mol. The third kappa shape index (κ3) is 3.68. The van der Waals surface area contributed by atoms with E-state index in [1.807, 2.05) is 77.7 Å². The first-order valence-electron chi connectivity index (χ1n) is 10.5. The Labute approximate surface area is 181 Å². The summed E-state index contributed by atoms with van der Waals surface area (Å²) in [6, 6.07) is 28.8. The average Bonchev–Trinajstić information content (AvgIpc) is 2.83. The first-order valence-corrected chi connectivity index (χ1v) is 10.5. The molecule has 4 heteroatoms. The molecule has 0 saturated carbocycles. The van der Waals surface area contributed by atoms with E-state index in [0.29, 0.717) is 23.4 Å². The molecule has 0 saturated heterocycles. The van der Waals surface area contributed by atoms with Crippen molar-refractivity contribution in [2.24, 2.45) is 0 Å². The van der Waals surface area contributed by atoms with Crippen molar-refractivity contribution >= 4 is 34.0 Å². The molecule has 0 bridgehead atoms. The molecular formula is C27H22N2O2. The van der Waals surface area contributed by atoms with Gasteiger partial charge in [-0.15, -0.1) is 0 Å². The molecule has 1 aliphatic heterocycles. The van der Waals surface area contributed by atoms with Gasteiger partial charge in [-0.3, -0.25) is 9.59 Å². The van der Waals surface area contributed by atoms with Crippen LogP contribution in [0.1, 0.15) is 32.7 Å². The van der Waals surface area contributed by atoms with Crippen molar-refractivity contribution in [3.63, 3.8) is 0 Å². The molecule has 5 rings (SSSR count). The van der Waals surface area contributed by atoms with Crippen LogP contribution in [-0.4, -0.2) is 18.4 Å². The van der Waals surface area contributed by atoms with Crippen LogP contribution < -0.4 is 10.2 Å². The van der Waals surface area contributed by atoms with Gasteiger partial charge in [0.1, 0.15) is 0 Å². The van der Waals surface area contributed by atoms with Gasteiger partial charge in [-0.2, -0.15) is 0 Å². The van der Waals surface area contributed by atoms with Crippen LogP contribution in [0.3, 0.4) is 0 Å². The number of hydrogen-bond donors (Lipinski definition) is 1. The van der Waals surface area contributed by atoms with Crippen LogP contribution in [0.4, 0.5) is 11.4 Å². The van der Waals surface area contributed by atoms with E-state index in [2.05, 4.69) is 11.4 Å². The first kappa shape index (κ1) is 19.1. The lowest BCUT2D eigenvalue weighted by Gasteiger charge is -2.30. The zero-order valence-corrected chi connectivity index (χ0v) is 17.0. The number of nitrogens with one attached hydrogen (secondary N) is 1. The first-order chi connectivity index (χ1) is 15.2. The van der Waals surface area contributed by atoms with E-state index < -0.39 is 0 Å². The SMILES string of the molecule is O=C(Nc1ccccc1C(=O)N1CCCc2ccccc21)c1ccc2ccccc2c1. The van der Waals surface area contributed by atoms with E-state index in [0.717, 1.165) is 29.3 Å². The van der Waals surface area contributed by atoms with Gasteiger partial charge in [0.05, 0.1) is 11.3 Å². The number of nitrogens with zero attached hydrogens (tertiary/aromatic N) is 1. The van der Waals surface area contributed by atoms with E-state index in [1.165, 1.54) is 5.56 Å². The van der Waals surface area contributed by atoms with Gasteiger partial charge in [-0.05, 0) is 59.5 Å². The Morgan fingerprint density at radius 2 is 1.52 bits per heavy atom. The second kappa shape index (κ2) is 8.07. The maximum Gasteiger partial charge on any atom is 0.260 e. The van der Waals surface area contributed by atoms with Crippen molar-refractivity contribution in [1.82, 2.24) is 0 Å². The van der Waals surface area contributed by atoms with E-state index in [4.69, 9.17) is 0 Å². The van der Waals surface area contributed by atoms with E-state index in [1.54, 1.807) is 12.1 Å². The van der Waals surface area contributed by atoms with E-state index >= 15 is 0 Å². The fraction of sp³-hybridized carbons (Fsp3) is 0.111. The highest BCUT2D eigenvalue weighted by molar-refractivity contribution is 6.14. The fourth-order valence-electron chi connectivity index (χ4n) is 4.19. The molecule has 0 atom stereocenters. The highest BCUT2D eigenvalue weighted by atomic mass is 16.2. The van der Waals surface area contributed by atoms with Crippen molar-refractivity contribution < 1.29 is 9.59 Å². The molecule has 31 heavy (non-hydrogen) atoms. The van der Waals surface area contributed by atoms with Crippen molar-refractivity contribution in [3.8, 4) is 0 Å². The number of anilines is 2. The summed E-state index contributed by atoms with van der Waals surface area (Å²) in [6.07, 6.45) is 1.90. The van der Waals surface area contributed by atoms with Crippen LogP contribution >= 0.6 is 0 Å². The molecule has 1 aliphatic rings. The highest BCUT2D eigenvalue weighted by Gasteiger charge is 2.25. The topological polar surface area (TPSA) is 49.4 Å². The molecule has 4 aromatic carbocycles. The summed E-state index contributed by atoms with van der Waals surface area (Å²) in [7, 11) is 0. The van der Waals surface area contributed by atoms with Crippen LogP contribution in [0.15, 0.2) is 91.0 Å². The number of carbonyl (C=O) groups excluding carboxylic acids is 2. The summed E-state index contributed by atoms with van der Waals surface area (Å²) in [5.74, 6) is -0.327. The Balaban J connectivity index is 1.44. The lowest BCUT2D eigenvalue weighted by molar-refractivity contribution is 0.0986. The van der Waals surface area contributed by atoms with Crippen molar-refractivity contribution in [1.29, 1.82) is 0 Å². The number of hydrogen-bond acceptors (Lipinski definition) is 2. The molecule has 1 heterocycles. The standard InChI is InChI=1S/C27H22N2O2/c30-26(22-16-15-19-8-1-2-10-21(19)18-22)28-24-13-5-4-12-23(24)27(31)29-17-7-11-20-9-3-6-14-25(20)29/h1-6,8-10,12-16,18H,7,11,17H2,(H,28,30). The summed E-state index contributed by atoms with van der Waals surface area (Å²) in [6.45, 7) is 0.669. The molecule has 1 N–H and O–H groups in total. The average molecular weight is 406 g/mol. The Bertz CT molecular complexity index is 1300. The van der Waals surface area contributed by atoms with Gasteiger partial charge >= 0.3 is 0 Å². The third-order valence-electron chi connectivity index (χ3n) is 5.77. The Hall–Kier alpha value is -3.92. The van der Waals surface area contributed by atoms with Gasteiger partial charge in [0.2, 0.25) is 0 Å². The van der Waals surface area contributed by atoms with Crippen LogP contribution in [0.5, 0.6) is 0 Å². The fourth-order valence-corrected chi connectivity index (χ4v) is 4.19. The molecule has 2 amide bonds. The quantitative estimate of drug-likeness (QED) is 0.475. The molecule has 0 spiro atoms. The lowest BCUT2D eigenvalue weighted by atomic mass is 10.0. The second-order valence-electron chi connectivity index (χ2n) is 7.75. The highest BCUT2D eigenvalue weighted by Crippen LogP contribution is 2.30. The molecule has 0 fully saturated rings. The molecule has 152 valence electrons. The summed E-state index contributed by atoms with van der Waals surface area (Å²) in [5.41, 5.74) is 3.71.